The van der Waals surface area contributed by atoms with Gasteiger partial charge in [0.1, 0.15) is 5.52 Å². The Bertz CT molecular complexity index is 817. The average molecular weight is 323 g/mol. The zero-order chi connectivity index (χ0) is 16.4. The number of hydrogen-bond donors (Lipinski definition) is 1. The fourth-order valence-corrected chi connectivity index (χ4v) is 3.22. The summed E-state index contributed by atoms with van der Waals surface area (Å²) in [7, 11) is 1.94. The van der Waals surface area contributed by atoms with Gasteiger partial charge in [-0.25, -0.2) is 9.97 Å². The molecule has 24 heavy (non-hydrogen) atoms. The molecule has 0 spiro atoms. The first kappa shape index (κ1) is 15.1. The highest BCUT2D eigenvalue weighted by Gasteiger charge is 2.28. The summed E-state index contributed by atoms with van der Waals surface area (Å²) in [5.74, 6) is 0.626. The van der Waals surface area contributed by atoms with E-state index in [1.807, 2.05) is 36.0 Å². The maximum Gasteiger partial charge on any atom is 0.225 e. The quantitative estimate of drug-likeness (QED) is 0.782. The Morgan fingerprint density at radius 2 is 2.08 bits per heavy atom. The molecule has 2 atom stereocenters. The molecular formula is C18H21N5O. The predicted octanol–water partition coefficient (Wildman–Crippen LogP) is 2.91. The minimum absolute atomic E-state index is 0.188. The molecule has 1 fully saturated rings. The Morgan fingerprint density at radius 3 is 2.96 bits per heavy atom. The Morgan fingerprint density at radius 1 is 1.21 bits per heavy atom. The van der Waals surface area contributed by atoms with E-state index in [0.29, 0.717) is 12.6 Å². The van der Waals surface area contributed by atoms with Crippen LogP contribution in [-0.4, -0.2) is 31.7 Å². The van der Waals surface area contributed by atoms with Crippen LogP contribution >= 0.6 is 0 Å². The molecule has 0 amide bonds. The van der Waals surface area contributed by atoms with Crippen molar-refractivity contribution in [2.75, 3.05) is 5.32 Å². The van der Waals surface area contributed by atoms with Crippen LogP contribution in [0.5, 0.6) is 0 Å². The monoisotopic (exact) mass is 323 g/mol. The number of aromatic nitrogens is 4. The van der Waals surface area contributed by atoms with Gasteiger partial charge in [0.05, 0.1) is 31.3 Å². The zero-order valence-electron chi connectivity index (χ0n) is 13.7. The fourth-order valence-electron chi connectivity index (χ4n) is 3.22. The van der Waals surface area contributed by atoms with Crippen molar-refractivity contribution in [1.29, 1.82) is 0 Å². The Balaban J connectivity index is 1.42. The van der Waals surface area contributed by atoms with Crippen LogP contribution in [-0.2, 0) is 18.4 Å². The van der Waals surface area contributed by atoms with Gasteiger partial charge in [0.15, 0.2) is 5.65 Å². The van der Waals surface area contributed by atoms with Gasteiger partial charge in [-0.1, -0.05) is 30.3 Å². The van der Waals surface area contributed by atoms with Crippen LogP contribution in [0.2, 0.25) is 0 Å². The van der Waals surface area contributed by atoms with Crippen molar-refractivity contribution in [2.45, 2.75) is 38.0 Å². The Kier molecular flexibility index (Phi) is 4.13. The molecule has 1 N–H and O–H groups in total. The number of benzene rings is 1. The fraction of sp³-hybridized carbons (Fsp3) is 0.389. The largest absolute Gasteiger partial charge is 0.371 e. The van der Waals surface area contributed by atoms with Crippen LogP contribution in [0.3, 0.4) is 0 Å². The maximum atomic E-state index is 6.13. The van der Waals surface area contributed by atoms with Crippen molar-refractivity contribution in [3.8, 4) is 0 Å². The van der Waals surface area contributed by atoms with E-state index in [4.69, 9.17) is 4.74 Å². The lowest BCUT2D eigenvalue weighted by Gasteiger charge is -2.21. The molecule has 2 heterocycles. The van der Waals surface area contributed by atoms with E-state index >= 15 is 0 Å². The third-order valence-electron chi connectivity index (χ3n) is 4.56. The van der Waals surface area contributed by atoms with E-state index in [9.17, 15) is 0 Å². The van der Waals surface area contributed by atoms with Gasteiger partial charge in [-0.15, -0.1) is 0 Å². The molecule has 124 valence electrons. The summed E-state index contributed by atoms with van der Waals surface area (Å²) in [4.78, 5) is 13.2. The summed E-state index contributed by atoms with van der Waals surface area (Å²) in [6.45, 7) is 0.643. The number of nitrogens with zero attached hydrogens (tertiary/aromatic N) is 4. The number of rotatable bonds is 5. The summed E-state index contributed by atoms with van der Waals surface area (Å²) >= 11 is 0. The first-order valence-corrected chi connectivity index (χ1v) is 8.36. The van der Waals surface area contributed by atoms with Crippen molar-refractivity contribution < 1.29 is 4.74 Å². The number of ether oxygens (including phenoxy) is 1. The van der Waals surface area contributed by atoms with Crippen LogP contribution in [0, 0.1) is 0 Å². The third-order valence-corrected chi connectivity index (χ3v) is 4.56. The van der Waals surface area contributed by atoms with E-state index in [0.717, 1.165) is 30.4 Å². The molecule has 0 unspecified atom stereocenters. The Labute approximate surface area is 140 Å². The van der Waals surface area contributed by atoms with Gasteiger partial charge in [-0.3, -0.25) is 0 Å². The lowest BCUT2D eigenvalue weighted by atomic mass is 10.2. The predicted molar refractivity (Wildman–Crippen MR) is 92.6 cm³/mol. The molecular weight excluding hydrogens is 302 g/mol. The van der Waals surface area contributed by atoms with Gasteiger partial charge in [0.25, 0.3) is 0 Å². The van der Waals surface area contributed by atoms with E-state index in [1.54, 1.807) is 6.33 Å². The van der Waals surface area contributed by atoms with Gasteiger partial charge >= 0.3 is 0 Å². The Hall–Kier alpha value is -2.47. The molecule has 1 aliphatic rings. The van der Waals surface area contributed by atoms with E-state index < -0.39 is 0 Å². The normalized spacial score (nSPS) is 20.5. The van der Waals surface area contributed by atoms with Gasteiger partial charge in [-0.05, 0) is 24.8 Å². The SMILES string of the molecule is Cn1cnc2nc(N[C@@H]3CCC[C@H]3OCc3ccccc3)ncc21. The number of hydrogen-bond acceptors (Lipinski definition) is 5. The van der Waals surface area contributed by atoms with Crippen LogP contribution in [0.15, 0.2) is 42.9 Å². The summed E-state index contributed by atoms with van der Waals surface area (Å²) in [6.07, 6.45) is 7.05. The molecule has 0 bridgehead atoms. The number of nitrogens with one attached hydrogen (secondary N) is 1. The highest BCUT2D eigenvalue weighted by atomic mass is 16.5. The second-order valence-electron chi connectivity index (χ2n) is 6.27. The van der Waals surface area contributed by atoms with E-state index in [-0.39, 0.29) is 12.1 Å². The van der Waals surface area contributed by atoms with Crippen LogP contribution < -0.4 is 5.32 Å². The molecule has 0 saturated heterocycles. The van der Waals surface area contributed by atoms with Crippen molar-refractivity contribution in [3.05, 3.63) is 48.4 Å². The molecule has 2 aromatic heterocycles. The number of fused-ring (bicyclic) bond motifs is 1. The molecule has 4 rings (SSSR count). The van der Waals surface area contributed by atoms with Gasteiger partial charge in [-0.2, -0.15) is 4.98 Å². The third kappa shape index (κ3) is 3.10. The molecule has 6 heteroatoms. The minimum Gasteiger partial charge on any atom is -0.371 e. The molecule has 1 saturated carbocycles. The average Bonchev–Trinajstić information content (AvgIpc) is 3.21. The molecule has 1 aliphatic carbocycles. The summed E-state index contributed by atoms with van der Waals surface area (Å²) in [5.41, 5.74) is 2.85. The maximum absolute atomic E-state index is 6.13. The molecule has 6 nitrogen and oxygen atoms in total. The topological polar surface area (TPSA) is 64.9 Å². The zero-order valence-corrected chi connectivity index (χ0v) is 13.7. The van der Waals surface area contributed by atoms with Crippen molar-refractivity contribution in [1.82, 2.24) is 19.5 Å². The van der Waals surface area contributed by atoms with Crippen LogP contribution in [0.25, 0.3) is 11.2 Å². The molecule has 0 aliphatic heterocycles. The van der Waals surface area contributed by atoms with Gasteiger partial charge in [0.2, 0.25) is 5.95 Å². The number of imidazole rings is 1. The molecule has 1 aromatic carbocycles. The van der Waals surface area contributed by atoms with Gasteiger partial charge in [0, 0.05) is 7.05 Å². The highest BCUT2D eigenvalue weighted by Crippen LogP contribution is 2.26. The molecule has 3 aromatic rings. The highest BCUT2D eigenvalue weighted by molar-refractivity contribution is 5.70. The number of anilines is 1. The van der Waals surface area contributed by atoms with Gasteiger partial charge < -0.3 is 14.6 Å². The smallest absolute Gasteiger partial charge is 0.225 e. The van der Waals surface area contributed by atoms with E-state index in [1.165, 1.54) is 5.56 Å². The number of aryl methyl sites for hydroxylation is 1. The van der Waals surface area contributed by atoms with Crippen molar-refractivity contribution >= 4 is 17.1 Å². The summed E-state index contributed by atoms with van der Waals surface area (Å²) in [5, 5.41) is 3.43. The first-order chi connectivity index (χ1) is 11.8. The van der Waals surface area contributed by atoms with E-state index in [2.05, 4.69) is 32.4 Å². The van der Waals surface area contributed by atoms with Crippen molar-refractivity contribution in [2.24, 2.45) is 7.05 Å². The van der Waals surface area contributed by atoms with Crippen LogP contribution in [0.1, 0.15) is 24.8 Å². The van der Waals surface area contributed by atoms with Crippen molar-refractivity contribution in [3.63, 3.8) is 0 Å². The second-order valence-corrected chi connectivity index (χ2v) is 6.27. The lowest BCUT2D eigenvalue weighted by Crippen LogP contribution is -2.31. The first-order valence-electron chi connectivity index (χ1n) is 8.36. The molecule has 0 radical (unpaired) electrons. The summed E-state index contributed by atoms with van der Waals surface area (Å²) in [6, 6.07) is 10.5. The summed E-state index contributed by atoms with van der Waals surface area (Å²) < 4.78 is 8.04. The standard InChI is InChI=1S/C18H21N5O/c1-23-12-20-17-15(23)10-19-18(22-17)21-14-8-5-9-16(14)24-11-13-6-3-2-4-7-13/h2-4,6-7,10,12,14,16H,5,8-9,11H2,1H3,(H,19,21,22)/t14-,16-/m1/s1. The second kappa shape index (κ2) is 6.57. The lowest BCUT2D eigenvalue weighted by molar-refractivity contribution is 0.0393. The minimum atomic E-state index is 0.188. The van der Waals surface area contributed by atoms with Crippen LogP contribution in [0.4, 0.5) is 5.95 Å².